The van der Waals surface area contributed by atoms with Gasteiger partial charge in [0.1, 0.15) is 23.4 Å². The molecule has 1 amide bonds. The zero-order valence-electron chi connectivity index (χ0n) is 37.0. The number of nitrogens with one attached hydrogen (secondary N) is 2. The number of carbonyl (C=O) groups excluding carboxylic acids is 3. The van der Waals surface area contributed by atoms with Crippen LogP contribution < -0.4 is 29.8 Å². The molecule has 5 bridgehead atoms. The van der Waals surface area contributed by atoms with Crippen molar-refractivity contribution in [1.82, 2.24) is 5.01 Å². The number of amides is 1. The van der Waals surface area contributed by atoms with Gasteiger partial charge in [0.05, 0.1) is 88.7 Å². The monoisotopic (exact) mass is 900 g/mol. The predicted molar refractivity (Wildman–Crippen MR) is 224 cm³/mol. The number of rotatable bonds is 6. The standard InChI is InChI=1S/C43H59N4O15P/c1-21-12-11-13-22(2)42(54)45-33-28(20-44-47-17-15-46(9)16-18-47)36(51)30-31(37(33)52)35(50)26(6)40-32(30)41(53)43(8,61-40)59-19-14-29(58-10)23(3)39(60-27(7)48)25(5)34(49)24(4)38(21)62-63(55,56)57/h11-14,19-21,23-25,29,34,38-39,49-52H,15-18H2,1-10H3,(H,45,54)(H2,55,56,57)/p-2/b12-11+,19-14+,22-13-,44-20+/t21-,23+,24-,25+,29-,34+,38-,39+,43-/m0/s1. The molecule has 6 rings (SSSR count). The maximum absolute atomic E-state index is 14.4. The highest BCUT2D eigenvalue weighted by Gasteiger charge is 2.49. The number of aromatic hydroxyl groups is 2. The van der Waals surface area contributed by atoms with Crippen LogP contribution in [0.5, 0.6) is 23.0 Å². The molecule has 9 atom stereocenters. The van der Waals surface area contributed by atoms with Crippen molar-refractivity contribution in [2.75, 3.05) is 45.7 Å². The number of methoxy groups -OCH3 is 1. The Morgan fingerprint density at radius 2 is 1.68 bits per heavy atom. The molecule has 4 heterocycles. The van der Waals surface area contributed by atoms with Gasteiger partial charge >= 0.3 is 11.8 Å². The first kappa shape index (κ1) is 49.0. The Morgan fingerprint density at radius 1 is 1.05 bits per heavy atom. The van der Waals surface area contributed by atoms with Crippen molar-refractivity contribution >= 4 is 48.2 Å². The highest BCUT2D eigenvalue weighted by atomic mass is 31.2. The van der Waals surface area contributed by atoms with Gasteiger partial charge < -0.3 is 68.5 Å². The summed E-state index contributed by atoms with van der Waals surface area (Å²) in [6, 6.07) is 0. The number of anilines is 1. The molecule has 2 aromatic carbocycles. The molecule has 0 unspecified atom stereocenters. The van der Waals surface area contributed by atoms with Gasteiger partial charge in [-0.3, -0.25) is 19.4 Å². The third-order valence-corrected chi connectivity index (χ3v) is 12.7. The van der Waals surface area contributed by atoms with Crippen LogP contribution in [0.25, 0.3) is 10.8 Å². The number of hydrogen-bond donors (Lipinski definition) is 5. The molecule has 0 aliphatic carbocycles. The van der Waals surface area contributed by atoms with Gasteiger partial charge in [-0.05, 0) is 25.5 Å². The van der Waals surface area contributed by atoms with Crippen molar-refractivity contribution in [2.45, 2.75) is 85.6 Å². The first-order valence-electron chi connectivity index (χ1n) is 20.6. The smallest absolute Gasteiger partial charge is 0.312 e. The van der Waals surface area contributed by atoms with E-state index in [1.165, 1.54) is 84.1 Å². The Kier molecular flexibility index (Phi) is 15.1. The minimum atomic E-state index is -5.64. The summed E-state index contributed by atoms with van der Waals surface area (Å²) >= 11 is 0. The topological polar surface area (TPSA) is 276 Å². The van der Waals surface area contributed by atoms with Gasteiger partial charge in [-0.2, -0.15) is 5.10 Å². The Bertz CT molecular complexity index is 2270. The average Bonchev–Trinajstić information content (AvgIpc) is 3.48. The van der Waals surface area contributed by atoms with Crippen LogP contribution >= 0.6 is 7.82 Å². The van der Waals surface area contributed by atoms with Gasteiger partial charge in [-0.1, -0.05) is 51.7 Å². The maximum Gasteiger partial charge on any atom is 0.312 e. The van der Waals surface area contributed by atoms with E-state index in [0.717, 1.165) is 19.4 Å². The molecule has 0 saturated carbocycles. The fraction of sp³-hybridized carbons (Fsp3) is 0.535. The number of phosphoric ester groups is 1. The summed E-state index contributed by atoms with van der Waals surface area (Å²) in [5.74, 6) is -10.5. The second kappa shape index (κ2) is 19.4. The summed E-state index contributed by atoms with van der Waals surface area (Å²) in [5, 5.41) is 57.8. The van der Waals surface area contributed by atoms with Crippen molar-refractivity contribution in [2.24, 2.45) is 28.8 Å². The van der Waals surface area contributed by atoms with Gasteiger partial charge in [0.2, 0.25) is 0 Å². The van der Waals surface area contributed by atoms with Gasteiger partial charge in [0, 0.05) is 61.0 Å². The number of ether oxygens (including phenoxy) is 4. The Balaban J connectivity index is 1.73. The largest absolute Gasteiger partial charge is 0.872 e. The maximum atomic E-state index is 14.4. The first-order chi connectivity index (χ1) is 29.4. The molecule has 5 N–H and O–H groups in total. The lowest BCUT2D eigenvalue weighted by molar-refractivity contribution is -0.884. The van der Waals surface area contributed by atoms with Crippen LogP contribution in [0.2, 0.25) is 0 Å². The summed E-state index contributed by atoms with van der Waals surface area (Å²) in [6.45, 7) is 14.1. The molecule has 1 saturated heterocycles. The summed E-state index contributed by atoms with van der Waals surface area (Å²) in [7, 11) is -2.24. The molecule has 2 aromatic rings. The highest BCUT2D eigenvalue weighted by molar-refractivity contribution is 7.43. The number of carbonyl (C=O) groups is 3. The number of hydrazone groups is 1. The molecule has 4 aliphatic heterocycles. The summed E-state index contributed by atoms with van der Waals surface area (Å²) < 4.78 is 40.5. The minimum Gasteiger partial charge on any atom is -0.872 e. The van der Waals surface area contributed by atoms with Crippen molar-refractivity contribution in [3.05, 3.63) is 52.8 Å². The number of phenolic OH excluding ortho intramolecular Hbond substituents is 2. The molecule has 63 heavy (non-hydrogen) atoms. The fourth-order valence-corrected chi connectivity index (χ4v) is 9.00. The van der Waals surface area contributed by atoms with Crippen molar-refractivity contribution in [1.29, 1.82) is 0 Å². The molecule has 4 aliphatic rings. The van der Waals surface area contributed by atoms with Crippen LogP contribution in [0.15, 0.2) is 41.2 Å². The molecule has 346 valence electrons. The van der Waals surface area contributed by atoms with Crippen LogP contribution in [0.1, 0.15) is 70.0 Å². The van der Waals surface area contributed by atoms with Gasteiger partial charge in [-0.15, -0.1) is 0 Å². The van der Waals surface area contributed by atoms with Crippen molar-refractivity contribution < 1.29 is 77.5 Å². The van der Waals surface area contributed by atoms with Crippen LogP contribution in [-0.2, 0) is 32.9 Å². The zero-order valence-corrected chi connectivity index (χ0v) is 37.9. The summed E-state index contributed by atoms with van der Waals surface area (Å²) in [6.07, 6.45) is 3.06. The quantitative estimate of drug-likeness (QED) is 0.0894. The molecular formula is C43H57N4O15P-2. The Hall–Kier alpha value is -5.01. The number of nitrogens with zero attached hydrogens (tertiary/aromatic N) is 2. The normalized spacial score (nSPS) is 31.1. The van der Waals surface area contributed by atoms with Crippen LogP contribution in [-0.4, -0.2) is 115 Å². The summed E-state index contributed by atoms with van der Waals surface area (Å²) in [4.78, 5) is 66.0. The van der Waals surface area contributed by atoms with E-state index < -0.39 is 102 Å². The van der Waals surface area contributed by atoms with Gasteiger partial charge in [-0.25, -0.2) is 0 Å². The van der Waals surface area contributed by atoms with Crippen molar-refractivity contribution in [3.63, 3.8) is 0 Å². The SMILES string of the molecule is CO[C@H]1/C=C/O[C@@]2(C)Oc3c(C)c([O-])c4c(O)c(c(/C=N/N5CC[NH+](C)CC5)c(O)c4c3C2=O)NC(=O)/C(C)=C\C=C\[C@H](C)[C@H](OP(=O)([O-])[O-])[C@@H](C)[C@@H](O)[C@@H](C)[C@H](OC(C)=O)[C@@H]1C. The number of Topliss-reactive ketones (excluding diaryl/α,β-unsaturated/α-hetero) is 1. The van der Waals surface area contributed by atoms with E-state index in [0.29, 0.717) is 13.1 Å². The second-order valence-corrected chi connectivity index (χ2v) is 17.9. The second-order valence-electron chi connectivity index (χ2n) is 16.8. The lowest BCUT2D eigenvalue weighted by Gasteiger charge is -2.42. The number of hydrogen-bond acceptors (Lipinski definition) is 17. The lowest BCUT2D eigenvalue weighted by atomic mass is 9.78. The van der Waals surface area contributed by atoms with Crippen molar-refractivity contribution in [3.8, 4) is 23.0 Å². The number of allylic oxidation sites excluding steroid dienone is 2. The Labute approximate surface area is 365 Å². The van der Waals surface area contributed by atoms with Crippen LogP contribution in [0.3, 0.4) is 0 Å². The van der Waals surface area contributed by atoms with E-state index in [-0.39, 0.29) is 39.1 Å². The lowest BCUT2D eigenvalue weighted by Crippen LogP contribution is -3.11. The number of aliphatic hydroxyl groups is 1. The number of phenols is 2. The van der Waals surface area contributed by atoms with Gasteiger partial charge in [0.15, 0.2) is 0 Å². The van der Waals surface area contributed by atoms with E-state index >= 15 is 0 Å². The number of fused-ring (bicyclic) bond motifs is 14. The molecule has 0 spiro atoms. The van der Waals surface area contributed by atoms with E-state index in [1.807, 2.05) is 7.05 Å². The highest BCUT2D eigenvalue weighted by Crippen LogP contribution is 2.54. The number of aliphatic hydroxyl groups excluding tert-OH is 1. The minimum absolute atomic E-state index is 0.0252. The first-order valence-corrected chi connectivity index (χ1v) is 22.1. The van der Waals surface area contributed by atoms with E-state index in [4.69, 9.17) is 23.5 Å². The molecule has 0 aromatic heterocycles. The summed E-state index contributed by atoms with van der Waals surface area (Å²) in [5.41, 5.74) is -0.936. The number of likely N-dealkylation sites (N-methyl/N-ethyl adjacent to an activating group) is 1. The molecule has 19 nitrogen and oxygen atoms in total. The number of phosphoric acid groups is 1. The Morgan fingerprint density at radius 3 is 2.29 bits per heavy atom. The number of piperazine rings is 1. The molecule has 20 heteroatoms. The average molecular weight is 901 g/mol. The van der Waals surface area contributed by atoms with Crippen LogP contribution in [0.4, 0.5) is 5.69 Å². The number of ketones is 1. The zero-order chi connectivity index (χ0) is 46.9. The van der Waals surface area contributed by atoms with E-state index in [9.17, 15) is 49.2 Å². The third kappa shape index (κ3) is 10.4. The van der Waals surface area contributed by atoms with Crippen LogP contribution in [0, 0.1) is 30.6 Å². The number of benzene rings is 2. The predicted octanol–water partition coefficient (Wildman–Crippen LogP) is 1.14. The third-order valence-electron chi connectivity index (χ3n) is 12.2. The molecule has 0 radical (unpaired) electrons. The van der Waals surface area contributed by atoms with Gasteiger partial charge in [0.25, 0.3) is 11.7 Å². The fourth-order valence-electron chi connectivity index (χ4n) is 8.32. The molecule has 1 fully saturated rings. The van der Waals surface area contributed by atoms with E-state index in [1.54, 1.807) is 18.9 Å². The number of quaternary nitrogens is 1. The molecular weight excluding hydrogens is 843 g/mol. The van der Waals surface area contributed by atoms with E-state index in [2.05, 4.69) is 10.4 Å². The number of esters is 1.